The second-order valence-electron chi connectivity index (χ2n) is 7.14. The number of hydrogen-bond acceptors (Lipinski definition) is 3. The van der Waals surface area contributed by atoms with E-state index in [1.165, 1.54) is 12.0 Å². The summed E-state index contributed by atoms with van der Waals surface area (Å²) in [7, 11) is 3.80. The van der Waals surface area contributed by atoms with Crippen LogP contribution in [0.3, 0.4) is 0 Å². The van der Waals surface area contributed by atoms with Gasteiger partial charge in [0.15, 0.2) is 5.96 Å². The molecule has 1 saturated heterocycles. The quantitative estimate of drug-likeness (QED) is 0.609. The van der Waals surface area contributed by atoms with Crippen LogP contribution < -0.4 is 10.1 Å². The summed E-state index contributed by atoms with van der Waals surface area (Å²) in [6.45, 7) is 4.78. The average Bonchev–Trinajstić information content (AvgIpc) is 3.27. The van der Waals surface area contributed by atoms with Gasteiger partial charge in [-0.15, -0.1) is 0 Å². The van der Waals surface area contributed by atoms with Crippen LogP contribution in [-0.2, 0) is 13.5 Å². The third-order valence-corrected chi connectivity index (χ3v) is 5.03. The lowest BCUT2D eigenvalue weighted by molar-refractivity contribution is 0.222. The van der Waals surface area contributed by atoms with Gasteiger partial charge < -0.3 is 15.0 Å². The first-order valence-corrected chi connectivity index (χ1v) is 9.76. The summed E-state index contributed by atoms with van der Waals surface area (Å²) in [6.07, 6.45) is 6.33. The first-order chi connectivity index (χ1) is 13.0. The van der Waals surface area contributed by atoms with E-state index in [1.807, 2.05) is 56.2 Å². The Hall–Kier alpha value is -2.21. The Balaban J connectivity index is 1.45. The third-order valence-electron chi connectivity index (χ3n) is 4.78. The van der Waals surface area contributed by atoms with Crippen LogP contribution in [0.2, 0.25) is 5.02 Å². The molecule has 3 rings (SSSR count). The minimum absolute atomic E-state index is 0.0247. The molecule has 0 aliphatic carbocycles. The molecule has 1 fully saturated rings. The van der Waals surface area contributed by atoms with Crippen molar-refractivity contribution in [2.45, 2.75) is 25.9 Å². The molecule has 2 atom stereocenters. The summed E-state index contributed by atoms with van der Waals surface area (Å²) in [5, 5.41) is 8.41. The maximum Gasteiger partial charge on any atom is 0.193 e. The molecule has 2 heterocycles. The Kier molecular flexibility index (Phi) is 6.61. The second kappa shape index (κ2) is 9.13. The van der Waals surface area contributed by atoms with Crippen molar-refractivity contribution in [3.05, 3.63) is 47.2 Å². The van der Waals surface area contributed by atoms with Gasteiger partial charge in [-0.2, -0.15) is 5.10 Å². The van der Waals surface area contributed by atoms with Gasteiger partial charge in [-0.05, 0) is 55.5 Å². The summed E-state index contributed by atoms with van der Waals surface area (Å²) >= 11 is 5.91. The molecule has 0 saturated carbocycles. The van der Waals surface area contributed by atoms with Crippen molar-refractivity contribution in [3.63, 3.8) is 0 Å². The highest BCUT2D eigenvalue weighted by atomic mass is 35.5. The first kappa shape index (κ1) is 19.5. The normalized spacial score (nSPS) is 18.6. The highest BCUT2D eigenvalue weighted by molar-refractivity contribution is 6.30. The fourth-order valence-electron chi connectivity index (χ4n) is 3.46. The third kappa shape index (κ3) is 5.63. The predicted octanol–water partition coefficient (Wildman–Crippen LogP) is 2.98. The Bertz CT molecular complexity index is 758. The summed E-state index contributed by atoms with van der Waals surface area (Å²) in [5.74, 6) is 2.40. The molecule has 146 valence electrons. The SMILES string of the molecule is CN=C(NCC(C)Oc1ccc(Cl)cc1)N1CCC(Cc2cnn(C)c2)C1. The van der Waals surface area contributed by atoms with Gasteiger partial charge in [-0.3, -0.25) is 9.67 Å². The highest BCUT2D eigenvalue weighted by Crippen LogP contribution is 2.21. The Morgan fingerprint density at radius 3 is 2.85 bits per heavy atom. The fourth-order valence-corrected chi connectivity index (χ4v) is 3.58. The molecule has 1 aliphatic heterocycles. The molecule has 0 amide bonds. The number of halogens is 1. The number of aromatic nitrogens is 2. The minimum atomic E-state index is 0.0247. The van der Waals surface area contributed by atoms with E-state index in [0.717, 1.165) is 31.2 Å². The van der Waals surface area contributed by atoms with E-state index in [-0.39, 0.29) is 6.10 Å². The van der Waals surface area contributed by atoms with Gasteiger partial charge in [0.25, 0.3) is 0 Å². The Morgan fingerprint density at radius 1 is 1.41 bits per heavy atom. The van der Waals surface area contributed by atoms with Crippen LogP contribution in [0.4, 0.5) is 0 Å². The average molecular weight is 390 g/mol. The lowest BCUT2D eigenvalue weighted by Gasteiger charge is -2.23. The van der Waals surface area contributed by atoms with Crippen LogP contribution >= 0.6 is 11.6 Å². The van der Waals surface area contributed by atoms with Crippen LogP contribution in [0.15, 0.2) is 41.7 Å². The van der Waals surface area contributed by atoms with E-state index in [0.29, 0.717) is 17.5 Å². The number of aryl methyl sites for hydroxylation is 1. The van der Waals surface area contributed by atoms with Crippen molar-refractivity contribution in [1.29, 1.82) is 0 Å². The zero-order chi connectivity index (χ0) is 19.2. The summed E-state index contributed by atoms with van der Waals surface area (Å²) < 4.78 is 7.79. The second-order valence-corrected chi connectivity index (χ2v) is 7.57. The van der Waals surface area contributed by atoms with Gasteiger partial charge >= 0.3 is 0 Å². The topological polar surface area (TPSA) is 54.7 Å². The molecule has 7 heteroatoms. The van der Waals surface area contributed by atoms with E-state index in [9.17, 15) is 0 Å². The van der Waals surface area contributed by atoms with Gasteiger partial charge in [0, 0.05) is 38.4 Å². The standard InChI is InChI=1S/C20H28ClN5O/c1-15(27-19-6-4-18(21)5-7-19)11-23-20(22-2)26-9-8-16(14-26)10-17-12-24-25(3)13-17/h4-7,12-13,15-16H,8-11,14H2,1-3H3,(H,22,23). The molecule has 6 nitrogen and oxygen atoms in total. The van der Waals surface area contributed by atoms with Crippen LogP contribution in [0.25, 0.3) is 0 Å². The molecule has 1 N–H and O–H groups in total. The first-order valence-electron chi connectivity index (χ1n) is 9.39. The van der Waals surface area contributed by atoms with E-state index in [4.69, 9.17) is 16.3 Å². The number of hydrogen-bond donors (Lipinski definition) is 1. The Labute approximate surface area is 166 Å². The molecule has 2 unspecified atom stereocenters. The number of aliphatic imine (C=N–C) groups is 1. The maximum atomic E-state index is 5.93. The van der Waals surface area contributed by atoms with Gasteiger partial charge in [0.1, 0.15) is 11.9 Å². The molecule has 1 aromatic heterocycles. The van der Waals surface area contributed by atoms with E-state index >= 15 is 0 Å². The monoisotopic (exact) mass is 389 g/mol. The zero-order valence-electron chi connectivity index (χ0n) is 16.2. The van der Waals surface area contributed by atoms with Crippen LogP contribution in [0.5, 0.6) is 5.75 Å². The number of ether oxygens (including phenoxy) is 1. The van der Waals surface area contributed by atoms with Gasteiger partial charge in [-0.25, -0.2) is 0 Å². The molecule has 27 heavy (non-hydrogen) atoms. The van der Waals surface area contributed by atoms with Gasteiger partial charge in [-0.1, -0.05) is 11.6 Å². The van der Waals surface area contributed by atoms with Crippen molar-refractivity contribution in [2.75, 3.05) is 26.7 Å². The number of likely N-dealkylation sites (tertiary alicyclic amines) is 1. The predicted molar refractivity (Wildman–Crippen MR) is 109 cm³/mol. The summed E-state index contributed by atoms with van der Waals surface area (Å²) in [4.78, 5) is 6.78. The van der Waals surface area contributed by atoms with Gasteiger partial charge in [0.2, 0.25) is 0 Å². The molecular formula is C20H28ClN5O. The minimum Gasteiger partial charge on any atom is -0.489 e. The highest BCUT2D eigenvalue weighted by Gasteiger charge is 2.25. The van der Waals surface area contributed by atoms with Gasteiger partial charge in [0.05, 0.1) is 12.7 Å². The Morgan fingerprint density at radius 2 is 2.19 bits per heavy atom. The van der Waals surface area contributed by atoms with Crippen molar-refractivity contribution < 1.29 is 4.74 Å². The van der Waals surface area contributed by atoms with E-state index in [1.54, 1.807) is 0 Å². The van der Waals surface area contributed by atoms with E-state index in [2.05, 4.69) is 26.5 Å². The number of benzene rings is 1. The number of rotatable bonds is 6. The van der Waals surface area contributed by atoms with Crippen molar-refractivity contribution in [3.8, 4) is 5.75 Å². The summed E-state index contributed by atoms with van der Waals surface area (Å²) in [6, 6.07) is 7.44. The van der Waals surface area contributed by atoms with Crippen molar-refractivity contribution >= 4 is 17.6 Å². The van der Waals surface area contributed by atoms with E-state index < -0.39 is 0 Å². The number of guanidine groups is 1. The van der Waals surface area contributed by atoms with Crippen LogP contribution in [0, 0.1) is 5.92 Å². The molecule has 0 radical (unpaired) electrons. The fraction of sp³-hybridized carbons (Fsp3) is 0.500. The summed E-state index contributed by atoms with van der Waals surface area (Å²) in [5.41, 5.74) is 1.30. The van der Waals surface area contributed by atoms with Crippen LogP contribution in [-0.4, -0.2) is 53.4 Å². The van der Waals surface area contributed by atoms with Crippen LogP contribution in [0.1, 0.15) is 18.9 Å². The molecule has 2 aromatic rings. The number of nitrogens with one attached hydrogen (secondary N) is 1. The van der Waals surface area contributed by atoms with Crippen molar-refractivity contribution in [2.24, 2.45) is 18.0 Å². The molecule has 0 bridgehead atoms. The number of nitrogens with zero attached hydrogens (tertiary/aromatic N) is 4. The lowest BCUT2D eigenvalue weighted by atomic mass is 10.0. The maximum absolute atomic E-state index is 5.93. The molecule has 0 spiro atoms. The molecule has 1 aliphatic rings. The largest absolute Gasteiger partial charge is 0.489 e. The lowest BCUT2D eigenvalue weighted by Crippen LogP contribution is -2.43. The smallest absolute Gasteiger partial charge is 0.193 e. The molecule has 1 aromatic carbocycles. The van der Waals surface area contributed by atoms with Crippen molar-refractivity contribution in [1.82, 2.24) is 20.0 Å². The zero-order valence-corrected chi connectivity index (χ0v) is 17.0. The molecular weight excluding hydrogens is 362 g/mol.